The summed E-state index contributed by atoms with van der Waals surface area (Å²) in [6, 6.07) is 0.721. The molecule has 0 aliphatic carbocycles. The van der Waals surface area contributed by atoms with Crippen LogP contribution in [0.4, 0.5) is 0 Å². The minimum atomic E-state index is 0.150. The van der Waals surface area contributed by atoms with Crippen LogP contribution >= 0.6 is 0 Å². The molecule has 3 rings (SSSR count). The lowest BCUT2D eigenvalue weighted by molar-refractivity contribution is -0.144. The van der Waals surface area contributed by atoms with Crippen LogP contribution in [0.15, 0.2) is 0 Å². The zero-order valence-corrected chi connectivity index (χ0v) is 16.3. The van der Waals surface area contributed by atoms with E-state index in [4.69, 9.17) is 4.74 Å². The number of carbonyl (C=O) groups excluding carboxylic acids is 1. The SMILES string of the molecule is CC1CN(C(=O)CN2CCN(CC3CCCCN3C)CC2)CC(C)O1. The van der Waals surface area contributed by atoms with Crippen LogP contribution in [0.1, 0.15) is 33.1 Å². The summed E-state index contributed by atoms with van der Waals surface area (Å²) in [7, 11) is 2.27. The highest BCUT2D eigenvalue weighted by molar-refractivity contribution is 5.78. The first-order valence-electron chi connectivity index (χ1n) is 10.1. The summed E-state index contributed by atoms with van der Waals surface area (Å²) < 4.78 is 5.73. The average molecular weight is 353 g/mol. The number of nitrogens with zero attached hydrogens (tertiary/aromatic N) is 4. The summed E-state index contributed by atoms with van der Waals surface area (Å²) in [6.45, 7) is 12.8. The number of likely N-dealkylation sites (tertiary alicyclic amines) is 1. The Morgan fingerprint density at radius 2 is 1.60 bits per heavy atom. The first kappa shape index (κ1) is 19.1. The molecule has 3 saturated heterocycles. The van der Waals surface area contributed by atoms with Gasteiger partial charge in [0.15, 0.2) is 0 Å². The second-order valence-corrected chi connectivity index (χ2v) is 8.26. The molecule has 0 aromatic carbocycles. The maximum Gasteiger partial charge on any atom is 0.236 e. The Labute approximate surface area is 153 Å². The van der Waals surface area contributed by atoms with Crippen molar-refractivity contribution in [3.63, 3.8) is 0 Å². The standard InChI is InChI=1S/C19H36N4O2/c1-16-12-23(13-17(2)25-16)19(24)15-22-10-8-21(9-11-22)14-18-6-4-5-7-20(18)3/h16-18H,4-15H2,1-3H3. The molecule has 3 fully saturated rings. The number of piperazine rings is 1. The third-order valence-electron chi connectivity index (χ3n) is 5.99. The summed E-state index contributed by atoms with van der Waals surface area (Å²) in [6.07, 6.45) is 4.36. The van der Waals surface area contributed by atoms with Gasteiger partial charge in [0, 0.05) is 51.9 Å². The Bertz CT molecular complexity index is 429. The van der Waals surface area contributed by atoms with Gasteiger partial charge in [-0.25, -0.2) is 0 Å². The molecular weight excluding hydrogens is 316 g/mol. The fraction of sp³-hybridized carbons (Fsp3) is 0.947. The molecule has 6 heteroatoms. The molecule has 3 aliphatic rings. The fourth-order valence-electron chi connectivity index (χ4n) is 4.48. The Morgan fingerprint density at radius 1 is 0.960 bits per heavy atom. The normalized spacial score (nSPS) is 33.6. The molecule has 6 nitrogen and oxygen atoms in total. The molecular formula is C19H36N4O2. The molecule has 0 bridgehead atoms. The van der Waals surface area contributed by atoms with Crippen LogP contribution in [0.25, 0.3) is 0 Å². The topological polar surface area (TPSA) is 39.3 Å². The van der Waals surface area contributed by atoms with E-state index >= 15 is 0 Å². The van der Waals surface area contributed by atoms with Crippen molar-refractivity contribution >= 4 is 5.91 Å². The molecule has 3 atom stereocenters. The van der Waals surface area contributed by atoms with Gasteiger partial charge in [-0.2, -0.15) is 0 Å². The van der Waals surface area contributed by atoms with Crippen LogP contribution in [0.2, 0.25) is 0 Å². The van der Waals surface area contributed by atoms with Gasteiger partial charge in [-0.15, -0.1) is 0 Å². The van der Waals surface area contributed by atoms with Gasteiger partial charge in [0.2, 0.25) is 5.91 Å². The first-order valence-corrected chi connectivity index (χ1v) is 10.1. The van der Waals surface area contributed by atoms with E-state index in [-0.39, 0.29) is 18.1 Å². The summed E-state index contributed by atoms with van der Waals surface area (Å²) >= 11 is 0. The molecule has 0 aromatic heterocycles. The highest BCUT2D eigenvalue weighted by atomic mass is 16.5. The summed E-state index contributed by atoms with van der Waals surface area (Å²) in [4.78, 5) is 22.0. The second-order valence-electron chi connectivity index (χ2n) is 8.26. The number of likely N-dealkylation sites (N-methyl/N-ethyl adjacent to an activating group) is 1. The quantitative estimate of drug-likeness (QED) is 0.746. The van der Waals surface area contributed by atoms with Gasteiger partial charge in [0.05, 0.1) is 18.8 Å². The monoisotopic (exact) mass is 352 g/mol. The van der Waals surface area contributed by atoms with Crippen LogP contribution in [-0.2, 0) is 9.53 Å². The largest absolute Gasteiger partial charge is 0.372 e. The summed E-state index contributed by atoms with van der Waals surface area (Å²) in [5, 5.41) is 0. The Kier molecular flexibility index (Phi) is 6.72. The number of amides is 1. The lowest BCUT2D eigenvalue weighted by atomic mass is 10.0. The van der Waals surface area contributed by atoms with E-state index in [1.165, 1.54) is 32.4 Å². The fourth-order valence-corrected chi connectivity index (χ4v) is 4.48. The lowest BCUT2D eigenvalue weighted by Crippen LogP contribution is -2.55. The van der Waals surface area contributed by atoms with Crippen molar-refractivity contribution < 1.29 is 9.53 Å². The van der Waals surface area contributed by atoms with Gasteiger partial charge in [0.1, 0.15) is 0 Å². The number of hydrogen-bond donors (Lipinski definition) is 0. The van der Waals surface area contributed by atoms with Crippen LogP contribution < -0.4 is 0 Å². The number of carbonyl (C=O) groups is 1. The van der Waals surface area contributed by atoms with E-state index < -0.39 is 0 Å². The van der Waals surface area contributed by atoms with Gasteiger partial charge in [-0.05, 0) is 40.3 Å². The third kappa shape index (κ3) is 5.39. The van der Waals surface area contributed by atoms with Crippen molar-refractivity contribution in [2.75, 3.05) is 66.0 Å². The molecule has 0 saturated carbocycles. The predicted molar refractivity (Wildman–Crippen MR) is 99.7 cm³/mol. The van der Waals surface area contributed by atoms with E-state index in [0.717, 1.165) is 45.3 Å². The van der Waals surface area contributed by atoms with Gasteiger partial charge >= 0.3 is 0 Å². The molecule has 0 radical (unpaired) electrons. The van der Waals surface area contributed by atoms with Gasteiger partial charge in [0.25, 0.3) is 0 Å². The smallest absolute Gasteiger partial charge is 0.236 e. The van der Waals surface area contributed by atoms with Crippen molar-refractivity contribution in [2.24, 2.45) is 0 Å². The average Bonchev–Trinajstić information content (AvgIpc) is 2.58. The van der Waals surface area contributed by atoms with Crippen LogP contribution in [0.5, 0.6) is 0 Å². The summed E-state index contributed by atoms with van der Waals surface area (Å²) in [5.74, 6) is 0.266. The van der Waals surface area contributed by atoms with Gasteiger partial charge in [-0.1, -0.05) is 6.42 Å². The maximum atomic E-state index is 12.6. The zero-order chi connectivity index (χ0) is 17.8. The highest BCUT2D eigenvalue weighted by Crippen LogP contribution is 2.17. The number of rotatable bonds is 4. The van der Waals surface area contributed by atoms with E-state index in [1.54, 1.807) is 0 Å². The molecule has 3 heterocycles. The van der Waals surface area contributed by atoms with E-state index in [0.29, 0.717) is 6.54 Å². The molecule has 0 spiro atoms. The minimum absolute atomic E-state index is 0.150. The number of ether oxygens (including phenoxy) is 1. The molecule has 3 unspecified atom stereocenters. The van der Waals surface area contributed by atoms with E-state index in [9.17, 15) is 4.79 Å². The van der Waals surface area contributed by atoms with Crippen molar-refractivity contribution in [1.29, 1.82) is 0 Å². The number of hydrogen-bond acceptors (Lipinski definition) is 5. The second kappa shape index (κ2) is 8.80. The Morgan fingerprint density at radius 3 is 2.24 bits per heavy atom. The van der Waals surface area contributed by atoms with Crippen LogP contribution in [0, 0.1) is 0 Å². The maximum absolute atomic E-state index is 12.6. The molecule has 144 valence electrons. The summed E-state index contributed by atoms with van der Waals surface area (Å²) in [5.41, 5.74) is 0. The molecule has 0 aromatic rings. The highest BCUT2D eigenvalue weighted by Gasteiger charge is 2.29. The van der Waals surface area contributed by atoms with Crippen LogP contribution in [0.3, 0.4) is 0 Å². The van der Waals surface area contributed by atoms with Crippen molar-refractivity contribution in [3.05, 3.63) is 0 Å². The first-order chi connectivity index (χ1) is 12.0. The zero-order valence-electron chi connectivity index (χ0n) is 16.3. The Balaban J connectivity index is 1.39. The molecule has 25 heavy (non-hydrogen) atoms. The molecule has 3 aliphatic heterocycles. The van der Waals surface area contributed by atoms with Crippen LogP contribution in [-0.4, -0.2) is 110 Å². The number of piperidine rings is 1. The minimum Gasteiger partial charge on any atom is -0.372 e. The van der Waals surface area contributed by atoms with Gasteiger partial charge < -0.3 is 14.5 Å². The van der Waals surface area contributed by atoms with Gasteiger partial charge in [-0.3, -0.25) is 14.6 Å². The van der Waals surface area contributed by atoms with E-state index in [1.807, 2.05) is 4.90 Å². The Hall–Kier alpha value is -0.690. The predicted octanol–water partition coefficient (Wildman–Crippen LogP) is 0.724. The van der Waals surface area contributed by atoms with Crippen molar-refractivity contribution in [3.8, 4) is 0 Å². The number of morpholine rings is 1. The lowest BCUT2D eigenvalue weighted by Gasteiger charge is -2.41. The van der Waals surface area contributed by atoms with Crippen molar-refractivity contribution in [2.45, 2.75) is 51.4 Å². The van der Waals surface area contributed by atoms with E-state index in [2.05, 4.69) is 35.6 Å². The molecule has 1 amide bonds. The third-order valence-corrected chi connectivity index (χ3v) is 5.99. The van der Waals surface area contributed by atoms with Crippen molar-refractivity contribution in [1.82, 2.24) is 19.6 Å². The molecule has 0 N–H and O–H groups in total.